The van der Waals surface area contributed by atoms with Crippen LogP contribution in [0.25, 0.3) is 0 Å². The smallest absolute Gasteiger partial charge is 0.00979 e. The molecule has 0 aromatic carbocycles. The van der Waals surface area contributed by atoms with E-state index in [0.717, 1.165) is 12.0 Å². The van der Waals surface area contributed by atoms with Crippen LogP contribution in [0.1, 0.15) is 52.9 Å². The summed E-state index contributed by atoms with van der Waals surface area (Å²) in [6.45, 7) is 12.3. The first kappa shape index (κ1) is 13.4. The molecule has 2 rings (SSSR count). The van der Waals surface area contributed by atoms with Crippen molar-refractivity contribution in [2.75, 3.05) is 26.2 Å². The third kappa shape index (κ3) is 3.69. The van der Waals surface area contributed by atoms with Crippen molar-refractivity contribution < 1.29 is 0 Å². The highest BCUT2D eigenvalue weighted by Gasteiger charge is 2.33. The van der Waals surface area contributed by atoms with Gasteiger partial charge < -0.3 is 5.32 Å². The van der Waals surface area contributed by atoms with Crippen molar-refractivity contribution in [1.29, 1.82) is 0 Å². The average Bonchev–Trinajstić information content (AvgIpc) is 2.67. The molecule has 2 heterocycles. The fourth-order valence-electron chi connectivity index (χ4n) is 3.57. The Morgan fingerprint density at radius 1 is 1.35 bits per heavy atom. The van der Waals surface area contributed by atoms with Gasteiger partial charge in [0.15, 0.2) is 0 Å². The second-order valence-corrected chi connectivity index (χ2v) is 6.99. The van der Waals surface area contributed by atoms with Crippen LogP contribution < -0.4 is 5.32 Å². The summed E-state index contributed by atoms with van der Waals surface area (Å²) < 4.78 is 0. The Labute approximate surface area is 107 Å². The molecule has 0 bridgehead atoms. The molecule has 0 aliphatic carbocycles. The zero-order valence-corrected chi connectivity index (χ0v) is 12.0. The summed E-state index contributed by atoms with van der Waals surface area (Å²) in [6.07, 6.45) is 7.05. The Bertz CT molecular complexity index is 231. The molecule has 100 valence electrons. The lowest BCUT2D eigenvalue weighted by Crippen LogP contribution is -2.46. The van der Waals surface area contributed by atoms with Crippen LogP contribution in [0.4, 0.5) is 0 Å². The van der Waals surface area contributed by atoms with Crippen LogP contribution in [0.3, 0.4) is 0 Å². The minimum atomic E-state index is 0.534. The van der Waals surface area contributed by atoms with Gasteiger partial charge in [-0.25, -0.2) is 0 Å². The summed E-state index contributed by atoms with van der Waals surface area (Å²) in [5.41, 5.74) is 0.534. The van der Waals surface area contributed by atoms with Crippen LogP contribution in [0.5, 0.6) is 0 Å². The van der Waals surface area contributed by atoms with Gasteiger partial charge in [-0.2, -0.15) is 0 Å². The highest BCUT2D eigenvalue weighted by molar-refractivity contribution is 4.89. The first-order valence-electron chi connectivity index (χ1n) is 7.54. The molecule has 2 aliphatic rings. The molecule has 0 aromatic heterocycles. The molecule has 17 heavy (non-hydrogen) atoms. The van der Waals surface area contributed by atoms with Gasteiger partial charge in [0.2, 0.25) is 0 Å². The van der Waals surface area contributed by atoms with Crippen molar-refractivity contribution in [3.8, 4) is 0 Å². The van der Waals surface area contributed by atoms with E-state index in [-0.39, 0.29) is 0 Å². The Kier molecular flexibility index (Phi) is 4.48. The van der Waals surface area contributed by atoms with Crippen molar-refractivity contribution in [1.82, 2.24) is 10.2 Å². The van der Waals surface area contributed by atoms with Crippen molar-refractivity contribution in [3.63, 3.8) is 0 Å². The van der Waals surface area contributed by atoms with Gasteiger partial charge in [-0.05, 0) is 50.1 Å². The van der Waals surface area contributed by atoms with Gasteiger partial charge in [0, 0.05) is 19.1 Å². The zero-order chi connectivity index (χ0) is 12.3. The molecule has 2 nitrogen and oxygen atoms in total. The highest BCUT2D eigenvalue weighted by atomic mass is 15.2. The summed E-state index contributed by atoms with van der Waals surface area (Å²) in [4.78, 5) is 2.80. The number of rotatable bonds is 4. The first-order valence-corrected chi connectivity index (χ1v) is 7.54. The molecule has 2 atom stereocenters. The van der Waals surface area contributed by atoms with E-state index in [1.807, 2.05) is 0 Å². The minimum absolute atomic E-state index is 0.534. The van der Waals surface area contributed by atoms with E-state index in [1.54, 1.807) is 0 Å². The summed E-state index contributed by atoms with van der Waals surface area (Å²) in [6, 6.07) is 0.862. The Balaban J connectivity index is 1.91. The lowest BCUT2D eigenvalue weighted by atomic mass is 9.86. The van der Waals surface area contributed by atoms with Crippen LogP contribution in [0.15, 0.2) is 0 Å². The quantitative estimate of drug-likeness (QED) is 0.810. The lowest BCUT2D eigenvalue weighted by Gasteiger charge is -2.41. The molecule has 2 aliphatic heterocycles. The molecule has 0 aromatic rings. The van der Waals surface area contributed by atoms with Crippen molar-refractivity contribution in [3.05, 3.63) is 0 Å². The first-order chi connectivity index (χ1) is 8.09. The molecule has 0 saturated carbocycles. The maximum Gasteiger partial charge on any atom is 0.00979 e. The van der Waals surface area contributed by atoms with E-state index in [4.69, 9.17) is 0 Å². The molecular weight excluding hydrogens is 208 g/mol. The fraction of sp³-hybridized carbons (Fsp3) is 1.00. The van der Waals surface area contributed by atoms with Crippen LogP contribution in [0.2, 0.25) is 0 Å². The number of hydrogen-bond donors (Lipinski definition) is 1. The summed E-state index contributed by atoms with van der Waals surface area (Å²) in [7, 11) is 0. The Morgan fingerprint density at radius 3 is 2.82 bits per heavy atom. The van der Waals surface area contributed by atoms with Crippen LogP contribution in [-0.4, -0.2) is 37.1 Å². The van der Waals surface area contributed by atoms with Crippen molar-refractivity contribution in [2.45, 2.75) is 58.9 Å². The van der Waals surface area contributed by atoms with Gasteiger partial charge in [-0.15, -0.1) is 0 Å². The molecule has 0 amide bonds. The number of nitrogens with one attached hydrogen (secondary N) is 1. The van der Waals surface area contributed by atoms with Crippen molar-refractivity contribution >= 4 is 0 Å². The molecule has 2 unspecified atom stereocenters. The van der Waals surface area contributed by atoms with Crippen molar-refractivity contribution in [2.24, 2.45) is 11.3 Å². The summed E-state index contributed by atoms with van der Waals surface area (Å²) >= 11 is 0. The van der Waals surface area contributed by atoms with Crippen LogP contribution in [0, 0.1) is 11.3 Å². The van der Waals surface area contributed by atoms with E-state index < -0.39 is 0 Å². The maximum absolute atomic E-state index is 3.53. The Morgan fingerprint density at radius 2 is 2.18 bits per heavy atom. The molecule has 2 heteroatoms. The van der Waals surface area contributed by atoms with Gasteiger partial charge >= 0.3 is 0 Å². The SMILES string of the molecule is CC(C)CC1CCCCN1CC1(C)CCNC1. The second kappa shape index (κ2) is 5.71. The Hall–Kier alpha value is -0.0800. The number of nitrogens with zero attached hydrogens (tertiary/aromatic N) is 1. The number of hydrogen-bond acceptors (Lipinski definition) is 2. The standard InChI is InChI=1S/C15H30N2/c1-13(2)10-14-6-4-5-9-17(14)12-15(3)7-8-16-11-15/h13-14,16H,4-12H2,1-3H3. The zero-order valence-electron chi connectivity index (χ0n) is 12.0. The van der Waals surface area contributed by atoms with E-state index in [1.165, 1.54) is 58.3 Å². The average molecular weight is 238 g/mol. The van der Waals surface area contributed by atoms with E-state index in [0.29, 0.717) is 5.41 Å². The van der Waals surface area contributed by atoms with E-state index >= 15 is 0 Å². The normalized spacial score (nSPS) is 35.6. The molecular formula is C15H30N2. The highest BCUT2D eigenvalue weighted by Crippen LogP contribution is 2.30. The largest absolute Gasteiger partial charge is 0.316 e. The lowest BCUT2D eigenvalue weighted by molar-refractivity contribution is 0.0837. The van der Waals surface area contributed by atoms with Crippen LogP contribution >= 0.6 is 0 Å². The fourth-order valence-corrected chi connectivity index (χ4v) is 3.57. The third-order valence-electron chi connectivity index (χ3n) is 4.53. The monoisotopic (exact) mass is 238 g/mol. The molecule has 2 fully saturated rings. The van der Waals surface area contributed by atoms with Crippen LogP contribution in [-0.2, 0) is 0 Å². The summed E-state index contributed by atoms with van der Waals surface area (Å²) in [5, 5.41) is 3.53. The van der Waals surface area contributed by atoms with Gasteiger partial charge in [-0.1, -0.05) is 27.2 Å². The van der Waals surface area contributed by atoms with Gasteiger partial charge in [0.1, 0.15) is 0 Å². The molecule has 1 N–H and O–H groups in total. The summed E-state index contributed by atoms with van der Waals surface area (Å²) in [5.74, 6) is 0.843. The second-order valence-electron chi connectivity index (χ2n) is 6.99. The molecule has 0 radical (unpaired) electrons. The number of likely N-dealkylation sites (tertiary alicyclic amines) is 1. The maximum atomic E-state index is 3.53. The van der Waals surface area contributed by atoms with E-state index in [9.17, 15) is 0 Å². The predicted octanol–water partition coefficient (Wildman–Crippen LogP) is 2.89. The van der Waals surface area contributed by atoms with Gasteiger partial charge in [-0.3, -0.25) is 4.90 Å². The molecule has 0 spiro atoms. The third-order valence-corrected chi connectivity index (χ3v) is 4.53. The van der Waals surface area contributed by atoms with Gasteiger partial charge in [0.05, 0.1) is 0 Å². The molecule has 2 saturated heterocycles. The predicted molar refractivity (Wildman–Crippen MR) is 74.3 cm³/mol. The van der Waals surface area contributed by atoms with E-state index in [2.05, 4.69) is 31.0 Å². The minimum Gasteiger partial charge on any atom is -0.316 e. The number of piperidine rings is 1. The van der Waals surface area contributed by atoms with Gasteiger partial charge in [0.25, 0.3) is 0 Å². The topological polar surface area (TPSA) is 15.3 Å².